The second kappa shape index (κ2) is 9.32. The van der Waals surface area contributed by atoms with Crippen molar-refractivity contribution in [3.05, 3.63) is 47.2 Å². The van der Waals surface area contributed by atoms with Gasteiger partial charge in [-0.25, -0.2) is 4.98 Å². The summed E-state index contributed by atoms with van der Waals surface area (Å²) in [4.78, 5) is 19.7. The minimum atomic E-state index is -0.0811. The quantitative estimate of drug-likeness (QED) is 0.368. The summed E-state index contributed by atoms with van der Waals surface area (Å²) in [5.41, 5.74) is 2.64. The van der Waals surface area contributed by atoms with Crippen molar-refractivity contribution in [3.8, 4) is 17.1 Å². The number of aromatic nitrogens is 4. The third-order valence-electron chi connectivity index (χ3n) is 5.71. The Morgan fingerprint density at radius 3 is 2.76 bits per heavy atom. The number of H-pyrrole nitrogens is 1. The van der Waals surface area contributed by atoms with E-state index in [2.05, 4.69) is 20.4 Å². The molecular formula is C23H24N6O2S2. The van der Waals surface area contributed by atoms with Gasteiger partial charge in [0, 0.05) is 37.3 Å². The maximum absolute atomic E-state index is 12.7. The molecule has 4 aromatic rings. The van der Waals surface area contributed by atoms with Crippen LogP contribution in [0.1, 0.15) is 19.3 Å². The lowest BCUT2D eigenvalue weighted by Crippen LogP contribution is -2.16. The van der Waals surface area contributed by atoms with Gasteiger partial charge in [0.1, 0.15) is 5.75 Å². The van der Waals surface area contributed by atoms with Crippen LogP contribution in [-0.2, 0) is 11.3 Å². The van der Waals surface area contributed by atoms with Crippen LogP contribution in [0.2, 0.25) is 0 Å². The topological polar surface area (TPSA) is 88.1 Å². The highest BCUT2D eigenvalue weighted by Crippen LogP contribution is 2.32. The highest BCUT2D eigenvalue weighted by atomic mass is 32.1. The predicted octanol–water partition coefficient (Wildman–Crippen LogP) is 4.85. The van der Waals surface area contributed by atoms with E-state index in [4.69, 9.17) is 21.9 Å². The molecule has 1 saturated heterocycles. The molecule has 1 aliphatic rings. The van der Waals surface area contributed by atoms with Gasteiger partial charge in [-0.15, -0.1) is 0 Å². The van der Waals surface area contributed by atoms with Crippen molar-refractivity contribution in [2.24, 2.45) is 0 Å². The molecule has 1 amide bonds. The van der Waals surface area contributed by atoms with Crippen LogP contribution in [0.3, 0.4) is 0 Å². The second-order valence-corrected chi connectivity index (χ2v) is 9.30. The van der Waals surface area contributed by atoms with E-state index >= 15 is 0 Å². The van der Waals surface area contributed by atoms with Crippen LogP contribution in [0.15, 0.2) is 42.5 Å². The van der Waals surface area contributed by atoms with Crippen LogP contribution in [0.4, 0.5) is 10.8 Å². The molecule has 10 heteroatoms. The standard InChI is InChI=1S/C23H24N6O2S2/c1-31-17-7-4-15(5-8-17)21-26-27-22(32)29(21)13-10-20(30)24-16-6-9-18-19(14-16)33-23(25-18)28-11-2-3-12-28/h4-9,14H,2-3,10-13H2,1H3,(H,24,30)(H,27,32). The summed E-state index contributed by atoms with van der Waals surface area (Å²) in [6, 6.07) is 13.4. The number of amides is 1. The molecule has 2 aromatic carbocycles. The van der Waals surface area contributed by atoms with Gasteiger partial charge in [0.2, 0.25) is 5.91 Å². The summed E-state index contributed by atoms with van der Waals surface area (Å²) in [6.45, 7) is 2.56. The molecule has 0 unspecified atom stereocenters. The third-order valence-corrected chi connectivity index (χ3v) is 7.10. The van der Waals surface area contributed by atoms with E-state index in [0.29, 0.717) is 17.1 Å². The Morgan fingerprint density at radius 1 is 1.21 bits per heavy atom. The highest BCUT2D eigenvalue weighted by molar-refractivity contribution is 7.71. The molecule has 0 saturated carbocycles. The minimum absolute atomic E-state index is 0.0811. The van der Waals surface area contributed by atoms with E-state index in [0.717, 1.165) is 45.4 Å². The second-order valence-electron chi connectivity index (χ2n) is 7.90. The minimum Gasteiger partial charge on any atom is -0.497 e. The summed E-state index contributed by atoms with van der Waals surface area (Å²) in [5.74, 6) is 1.38. The lowest BCUT2D eigenvalue weighted by Gasteiger charge is -2.11. The average Bonchev–Trinajstić information content (AvgIpc) is 3.57. The van der Waals surface area contributed by atoms with Crippen molar-refractivity contribution in [2.45, 2.75) is 25.8 Å². The molecule has 1 aliphatic heterocycles. The van der Waals surface area contributed by atoms with Crippen molar-refractivity contribution in [1.29, 1.82) is 0 Å². The van der Waals surface area contributed by atoms with Crippen molar-refractivity contribution >= 4 is 50.5 Å². The fourth-order valence-electron chi connectivity index (χ4n) is 3.96. The maximum Gasteiger partial charge on any atom is 0.226 e. The number of carbonyl (C=O) groups is 1. The molecular weight excluding hydrogens is 456 g/mol. The maximum atomic E-state index is 12.7. The SMILES string of the molecule is COc1ccc(-c2n[nH]c(=S)n2CCC(=O)Nc2ccc3nc(N4CCCC4)sc3c2)cc1. The number of hydrogen-bond acceptors (Lipinski definition) is 7. The number of nitrogens with one attached hydrogen (secondary N) is 2. The Kier molecular flexibility index (Phi) is 6.10. The van der Waals surface area contributed by atoms with Gasteiger partial charge >= 0.3 is 0 Å². The molecule has 5 rings (SSSR count). The van der Waals surface area contributed by atoms with Gasteiger partial charge < -0.3 is 15.0 Å². The molecule has 2 aromatic heterocycles. The number of aromatic amines is 1. The Labute approximate surface area is 200 Å². The summed E-state index contributed by atoms with van der Waals surface area (Å²) in [5, 5.41) is 11.2. The summed E-state index contributed by atoms with van der Waals surface area (Å²) in [6.07, 6.45) is 2.72. The van der Waals surface area contributed by atoms with Gasteiger partial charge in [0.25, 0.3) is 0 Å². The molecule has 0 bridgehead atoms. The van der Waals surface area contributed by atoms with Crippen molar-refractivity contribution in [1.82, 2.24) is 19.7 Å². The number of thiazole rings is 1. The van der Waals surface area contributed by atoms with E-state index < -0.39 is 0 Å². The number of carbonyl (C=O) groups excluding carboxylic acids is 1. The van der Waals surface area contributed by atoms with Crippen LogP contribution in [-0.4, -0.2) is 45.9 Å². The molecule has 170 valence electrons. The zero-order valence-electron chi connectivity index (χ0n) is 18.2. The van der Waals surface area contributed by atoms with Gasteiger partial charge in [-0.2, -0.15) is 5.10 Å². The summed E-state index contributed by atoms with van der Waals surface area (Å²) < 4.78 is 8.61. The molecule has 0 radical (unpaired) electrons. The summed E-state index contributed by atoms with van der Waals surface area (Å²) >= 11 is 7.06. The smallest absolute Gasteiger partial charge is 0.226 e. The number of hydrogen-bond donors (Lipinski definition) is 2. The Bertz CT molecular complexity index is 1340. The number of nitrogens with zero attached hydrogens (tertiary/aromatic N) is 4. The first kappa shape index (κ1) is 21.6. The molecule has 2 N–H and O–H groups in total. The lowest BCUT2D eigenvalue weighted by molar-refractivity contribution is -0.116. The van der Waals surface area contributed by atoms with Gasteiger partial charge in [-0.05, 0) is 67.5 Å². The molecule has 3 heterocycles. The molecule has 0 aliphatic carbocycles. The van der Waals surface area contributed by atoms with E-state index in [1.807, 2.05) is 47.0 Å². The van der Waals surface area contributed by atoms with E-state index in [9.17, 15) is 4.79 Å². The van der Waals surface area contributed by atoms with Crippen LogP contribution in [0.25, 0.3) is 21.6 Å². The largest absolute Gasteiger partial charge is 0.497 e. The van der Waals surface area contributed by atoms with Crippen LogP contribution in [0, 0.1) is 4.77 Å². The first-order valence-corrected chi connectivity index (χ1v) is 12.1. The lowest BCUT2D eigenvalue weighted by atomic mass is 10.2. The van der Waals surface area contributed by atoms with E-state index in [1.165, 1.54) is 12.8 Å². The van der Waals surface area contributed by atoms with Crippen LogP contribution < -0.4 is 15.0 Å². The Morgan fingerprint density at radius 2 is 2.00 bits per heavy atom. The number of benzene rings is 2. The Balaban J connectivity index is 1.26. The number of fused-ring (bicyclic) bond motifs is 1. The molecule has 1 fully saturated rings. The first-order valence-electron chi connectivity index (χ1n) is 10.9. The van der Waals surface area contributed by atoms with Crippen LogP contribution >= 0.6 is 23.6 Å². The monoisotopic (exact) mass is 480 g/mol. The number of rotatable bonds is 7. The average molecular weight is 481 g/mol. The van der Waals surface area contributed by atoms with E-state index in [-0.39, 0.29) is 12.3 Å². The third kappa shape index (κ3) is 4.62. The van der Waals surface area contributed by atoms with Gasteiger partial charge in [0.05, 0.1) is 17.3 Å². The normalized spacial score (nSPS) is 13.5. The molecule has 8 nitrogen and oxygen atoms in total. The van der Waals surface area contributed by atoms with Crippen molar-refractivity contribution < 1.29 is 9.53 Å². The van der Waals surface area contributed by atoms with Gasteiger partial charge in [-0.1, -0.05) is 11.3 Å². The fourth-order valence-corrected chi connectivity index (χ4v) is 5.24. The number of anilines is 2. The first-order chi connectivity index (χ1) is 16.1. The zero-order valence-corrected chi connectivity index (χ0v) is 19.8. The summed E-state index contributed by atoms with van der Waals surface area (Å²) in [7, 11) is 1.63. The van der Waals surface area contributed by atoms with Crippen molar-refractivity contribution in [2.75, 3.05) is 30.4 Å². The fraction of sp³-hybridized carbons (Fsp3) is 0.304. The van der Waals surface area contributed by atoms with Crippen LogP contribution in [0.5, 0.6) is 5.75 Å². The molecule has 33 heavy (non-hydrogen) atoms. The predicted molar refractivity (Wildman–Crippen MR) is 134 cm³/mol. The Hall–Kier alpha value is -3.24. The van der Waals surface area contributed by atoms with Gasteiger partial charge in [-0.3, -0.25) is 14.5 Å². The number of methoxy groups -OCH3 is 1. The highest BCUT2D eigenvalue weighted by Gasteiger charge is 2.17. The molecule has 0 atom stereocenters. The van der Waals surface area contributed by atoms with Crippen molar-refractivity contribution in [3.63, 3.8) is 0 Å². The van der Waals surface area contributed by atoms with Gasteiger partial charge in [0.15, 0.2) is 15.7 Å². The molecule has 0 spiro atoms. The van der Waals surface area contributed by atoms with E-state index in [1.54, 1.807) is 18.4 Å². The zero-order chi connectivity index (χ0) is 22.8. The number of ether oxygens (including phenoxy) is 1.